The standard InChI is InChI=1S/C22H29N9O.H2/c1-13(2)21(23)31(29-24)20-8-6-7-19(26-20)27-22(32)18-11-16(15(5)12-25-18)17-9-10-30(28-17)14(3)4;/h6-14,23-25,28H,1-5H3,(H,26,27,32);1H/b17-16-,23-21?,29-24?;. The molecule has 0 saturated heterocycles. The van der Waals surface area contributed by atoms with Crippen LogP contribution in [0.5, 0.6) is 0 Å². The Labute approximate surface area is 189 Å². The molecule has 0 bridgehead atoms. The van der Waals surface area contributed by atoms with Crippen molar-refractivity contribution in [3.63, 3.8) is 0 Å². The third-order valence-corrected chi connectivity index (χ3v) is 4.97. The number of hydrazine groups is 1. The summed E-state index contributed by atoms with van der Waals surface area (Å²) in [4.78, 5) is 17.3. The highest BCUT2D eigenvalue weighted by molar-refractivity contribution is 6.04. The van der Waals surface area contributed by atoms with Crippen molar-refractivity contribution in [3.05, 3.63) is 65.3 Å². The number of carbonyl (C=O) groups excluding carboxylic acids is 1. The molecule has 0 aliphatic carbocycles. The van der Waals surface area contributed by atoms with E-state index in [2.05, 4.69) is 40.1 Å². The molecular weight excluding hydrogens is 406 g/mol. The summed E-state index contributed by atoms with van der Waals surface area (Å²) in [7, 11) is 0. The number of pyridine rings is 1. The van der Waals surface area contributed by atoms with Crippen molar-refractivity contribution >= 4 is 23.4 Å². The molecule has 5 N–H and O–H groups in total. The Bertz CT molecular complexity index is 1060. The van der Waals surface area contributed by atoms with Crippen molar-refractivity contribution in [2.24, 2.45) is 11.1 Å². The average Bonchev–Trinajstić information content (AvgIpc) is 3.25. The normalized spacial score (nSPS) is 17.5. The van der Waals surface area contributed by atoms with Gasteiger partial charge >= 0.3 is 0 Å². The van der Waals surface area contributed by atoms with Crippen molar-refractivity contribution in [3.8, 4) is 0 Å². The molecule has 0 fully saturated rings. The van der Waals surface area contributed by atoms with Crippen molar-refractivity contribution in [1.82, 2.24) is 20.7 Å². The number of amidine groups is 1. The van der Waals surface area contributed by atoms with Gasteiger partial charge in [-0.15, -0.1) is 0 Å². The lowest BCUT2D eigenvalue weighted by molar-refractivity contribution is -0.113. The second-order valence-electron chi connectivity index (χ2n) is 8.07. The van der Waals surface area contributed by atoms with Crippen LogP contribution < -0.4 is 21.1 Å². The smallest absolute Gasteiger partial charge is 0.273 e. The Morgan fingerprint density at radius 1 is 1.31 bits per heavy atom. The fourth-order valence-electron chi connectivity index (χ4n) is 3.07. The number of amides is 1. The van der Waals surface area contributed by atoms with Crippen molar-refractivity contribution in [1.29, 1.82) is 10.9 Å². The predicted octanol–water partition coefficient (Wildman–Crippen LogP) is 4.04. The molecule has 1 amide bonds. The first-order valence-corrected chi connectivity index (χ1v) is 10.4. The quantitative estimate of drug-likeness (QED) is 0.197. The van der Waals surface area contributed by atoms with Crippen molar-refractivity contribution in [2.75, 3.05) is 10.3 Å². The number of carbonyl (C=O) groups is 1. The molecule has 0 radical (unpaired) electrons. The van der Waals surface area contributed by atoms with Gasteiger partial charge in [-0.05, 0) is 50.6 Å². The van der Waals surface area contributed by atoms with Gasteiger partial charge in [0.1, 0.15) is 17.4 Å². The molecule has 32 heavy (non-hydrogen) atoms. The lowest BCUT2D eigenvalue weighted by Gasteiger charge is -2.23. The van der Waals surface area contributed by atoms with Gasteiger partial charge < -0.3 is 10.6 Å². The van der Waals surface area contributed by atoms with E-state index in [1.807, 2.05) is 38.1 Å². The summed E-state index contributed by atoms with van der Waals surface area (Å²) in [6, 6.07) is 5.27. The maximum atomic E-state index is 12.9. The minimum atomic E-state index is -0.354. The SMILES string of the molecule is CC1=CNC(C(=O)Nc2cccc(N(N=N)C(=N)C(C)C)n2)=C/C1=C1\C=CN(C(C)C)N1.[HH]. The second kappa shape index (κ2) is 9.46. The van der Waals surface area contributed by atoms with Crippen molar-refractivity contribution < 1.29 is 6.22 Å². The molecule has 1 aromatic heterocycles. The summed E-state index contributed by atoms with van der Waals surface area (Å²) in [6.45, 7) is 9.82. The van der Waals surface area contributed by atoms with E-state index in [1.165, 1.54) is 0 Å². The van der Waals surface area contributed by atoms with E-state index in [1.54, 1.807) is 30.5 Å². The number of anilines is 2. The van der Waals surface area contributed by atoms with Gasteiger partial charge in [0.2, 0.25) is 0 Å². The fraction of sp³-hybridized carbons (Fsp3) is 0.318. The largest absolute Gasteiger partial charge is 0.357 e. The Kier molecular flexibility index (Phi) is 6.72. The Morgan fingerprint density at radius 3 is 2.69 bits per heavy atom. The van der Waals surface area contributed by atoms with Gasteiger partial charge in [-0.3, -0.25) is 20.6 Å². The summed E-state index contributed by atoms with van der Waals surface area (Å²) in [5.41, 5.74) is 13.9. The zero-order chi connectivity index (χ0) is 23.4. The van der Waals surface area contributed by atoms with Crippen LogP contribution in [0.1, 0.15) is 36.0 Å². The first-order valence-electron chi connectivity index (χ1n) is 10.4. The van der Waals surface area contributed by atoms with Gasteiger partial charge in [0.25, 0.3) is 5.91 Å². The zero-order valence-electron chi connectivity index (χ0n) is 18.9. The van der Waals surface area contributed by atoms with Gasteiger partial charge in [0, 0.05) is 31.4 Å². The number of aromatic nitrogens is 1. The summed E-state index contributed by atoms with van der Waals surface area (Å²) in [5, 5.41) is 20.4. The van der Waals surface area contributed by atoms with Crippen LogP contribution in [0.4, 0.5) is 11.6 Å². The molecule has 0 spiro atoms. The Morgan fingerprint density at radius 2 is 2.06 bits per heavy atom. The van der Waals surface area contributed by atoms with E-state index < -0.39 is 0 Å². The molecule has 170 valence electrons. The van der Waals surface area contributed by atoms with E-state index in [0.717, 1.165) is 21.9 Å². The highest BCUT2D eigenvalue weighted by Gasteiger charge is 2.21. The number of dihydropyridines is 1. The summed E-state index contributed by atoms with van der Waals surface area (Å²) in [6.07, 6.45) is 7.55. The third kappa shape index (κ3) is 4.85. The molecule has 10 heteroatoms. The molecule has 2 aliphatic rings. The number of allylic oxidation sites excluding steroid dienone is 4. The third-order valence-electron chi connectivity index (χ3n) is 4.97. The minimum Gasteiger partial charge on any atom is -0.357 e. The molecular formula is C22H31N9O. The molecule has 1 aromatic rings. The number of hydrogen-bond acceptors (Lipinski definition) is 8. The topological polar surface area (TPSA) is 133 Å². The van der Waals surface area contributed by atoms with Crippen LogP contribution in [0, 0.1) is 16.9 Å². The highest BCUT2D eigenvalue weighted by atomic mass is 16.2. The van der Waals surface area contributed by atoms with Crippen molar-refractivity contribution in [2.45, 2.75) is 40.7 Å². The maximum absolute atomic E-state index is 12.9. The van der Waals surface area contributed by atoms with Gasteiger partial charge in [-0.1, -0.05) is 25.1 Å². The summed E-state index contributed by atoms with van der Waals surface area (Å²) < 4.78 is 0. The molecule has 2 aliphatic heterocycles. The Hall–Kier alpha value is -3.95. The predicted molar refractivity (Wildman–Crippen MR) is 126 cm³/mol. The van der Waals surface area contributed by atoms with Crippen LogP contribution in [-0.2, 0) is 4.79 Å². The number of nitrogens with one attached hydrogen (secondary N) is 5. The first-order chi connectivity index (χ1) is 15.2. The summed E-state index contributed by atoms with van der Waals surface area (Å²) >= 11 is 0. The average molecular weight is 438 g/mol. The molecule has 3 rings (SSSR count). The van der Waals surface area contributed by atoms with Crippen LogP contribution in [0.3, 0.4) is 0 Å². The van der Waals surface area contributed by atoms with Gasteiger partial charge in [-0.25, -0.2) is 4.98 Å². The zero-order valence-corrected chi connectivity index (χ0v) is 18.9. The molecule has 0 unspecified atom stereocenters. The first kappa shape index (κ1) is 22.7. The molecule has 0 atom stereocenters. The van der Waals surface area contributed by atoms with E-state index in [-0.39, 0.29) is 24.9 Å². The highest BCUT2D eigenvalue weighted by Crippen LogP contribution is 2.24. The molecule has 0 aromatic carbocycles. The van der Waals surface area contributed by atoms with E-state index in [4.69, 9.17) is 10.9 Å². The van der Waals surface area contributed by atoms with Crippen LogP contribution >= 0.6 is 0 Å². The molecule has 10 nitrogen and oxygen atoms in total. The van der Waals surface area contributed by atoms with E-state index in [9.17, 15) is 4.79 Å². The van der Waals surface area contributed by atoms with E-state index in [0.29, 0.717) is 17.6 Å². The number of hydrogen-bond donors (Lipinski definition) is 5. The number of nitrogens with zero attached hydrogens (tertiary/aromatic N) is 4. The van der Waals surface area contributed by atoms with Crippen LogP contribution in [-0.4, -0.2) is 27.8 Å². The van der Waals surface area contributed by atoms with Gasteiger partial charge in [-0.2, -0.15) is 10.5 Å². The monoisotopic (exact) mass is 437 g/mol. The van der Waals surface area contributed by atoms with Crippen LogP contribution in [0.2, 0.25) is 0 Å². The van der Waals surface area contributed by atoms with Crippen LogP contribution in [0.15, 0.2) is 70.5 Å². The van der Waals surface area contributed by atoms with E-state index >= 15 is 0 Å². The second-order valence-corrected chi connectivity index (χ2v) is 8.07. The lowest BCUT2D eigenvalue weighted by atomic mass is 10.0. The van der Waals surface area contributed by atoms with Gasteiger partial charge in [0.05, 0.1) is 5.70 Å². The van der Waals surface area contributed by atoms with Crippen LogP contribution in [0.25, 0.3) is 0 Å². The maximum Gasteiger partial charge on any atom is 0.273 e. The molecule has 0 saturated carbocycles. The fourth-order valence-corrected chi connectivity index (χ4v) is 3.07. The van der Waals surface area contributed by atoms with Gasteiger partial charge in [0.15, 0.2) is 5.82 Å². The minimum absolute atomic E-state index is 0. The lowest BCUT2D eigenvalue weighted by Crippen LogP contribution is -2.34. The summed E-state index contributed by atoms with van der Waals surface area (Å²) in [5.74, 6) is 0.233. The molecule has 3 heterocycles. The Balaban J connectivity index is 0.00000385. The number of rotatable bonds is 6.